The Kier molecular flexibility index (Phi) is 9.42. The van der Waals surface area contributed by atoms with Gasteiger partial charge in [-0.25, -0.2) is 0 Å². The van der Waals surface area contributed by atoms with Gasteiger partial charge < -0.3 is 5.32 Å². The van der Waals surface area contributed by atoms with Crippen molar-refractivity contribution >= 4 is 29.1 Å². The van der Waals surface area contributed by atoms with Crippen LogP contribution >= 0.6 is 11.6 Å². The van der Waals surface area contributed by atoms with Crippen molar-refractivity contribution in [1.82, 2.24) is 5.32 Å². The second-order valence-corrected chi connectivity index (χ2v) is 7.71. The van der Waals surface area contributed by atoms with E-state index in [1.165, 1.54) is 44.9 Å². The lowest BCUT2D eigenvalue weighted by molar-refractivity contribution is -0.117. The van der Waals surface area contributed by atoms with Crippen LogP contribution in [-0.2, 0) is 4.79 Å². The number of nitrogens with one attached hydrogen (secondary N) is 1. The summed E-state index contributed by atoms with van der Waals surface area (Å²) in [7, 11) is 0. The van der Waals surface area contributed by atoms with Crippen LogP contribution in [0.25, 0.3) is 0 Å². The molecule has 0 saturated heterocycles. The molecule has 0 unspecified atom stereocenters. The van der Waals surface area contributed by atoms with Gasteiger partial charge in [0, 0.05) is 17.7 Å². The summed E-state index contributed by atoms with van der Waals surface area (Å²) in [5.74, 6) is -1.52. The molecule has 1 aromatic rings. The zero-order valence-electron chi connectivity index (χ0n) is 16.7. The lowest BCUT2D eigenvalue weighted by atomic mass is 9.89. The molecule has 0 radical (unpaired) electrons. The van der Waals surface area contributed by atoms with Crippen LogP contribution in [0.5, 0.6) is 0 Å². The first-order valence-electron chi connectivity index (χ1n) is 10.4. The molecule has 2 rings (SSSR count). The summed E-state index contributed by atoms with van der Waals surface area (Å²) in [5, 5.41) is 2.45. The van der Waals surface area contributed by atoms with Crippen molar-refractivity contribution in [3.8, 4) is 0 Å². The Labute approximate surface area is 172 Å². The number of hydrogen-bond donors (Lipinski definition) is 1. The SMILES string of the molecule is CCCCCCCCCCCCNC(=O)C1=C(Cl)C(=O)c2ccccc2C1=O. The minimum atomic E-state index is -0.561. The standard InChI is InChI=1S/C23H30ClNO3/c1-2-3-4-5-6-7-8-9-10-13-16-25-23(28)19-20(24)22(27)18-15-12-11-14-17(18)21(19)26/h11-12,14-15H,2-10,13,16H2,1H3,(H,25,28). The molecule has 0 saturated carbocycles. The van der Waals surface area contributed by atoms with E-state index in [1.54, 1.807) is 24.3 Å². The van der Waals surface area contributed by atoms with Crippen molar-refractivity contribution in [2.24, 2.45) is 0 Å². The molecule has 1 aromatic carbocycles. The number of allylic oxidation sites excluding steroid dienone is 1. The highest BCUT2D eigenvalue weighted by Crippen LogP contribution is 2.28. The first-order chi connectivity index (χ1) is 13.6. The summed E-state index contributed by atoms with van der Waals surface area (Å²) in [6.45, 7) is 2.70. The smallest absolute Gasteiger partial charge is 0.256 e. The highest BCUT2D eigenvalue weighted by Gasteiger charge is 2.34. The number of benzene rings is 1. The lowest BCUT2D eigenvalue weighted by Crippen LogP contribution is -2.33. The number of carbonyl (C=O) groups excluding carboxylic acids is 3. The van der Waals surface area contributed by atoms with Gasteiger partial charge in [0.15, 0.2) is 0 Å². The molecule has 152 valence electrons. The van der Waals surface area contributed by atoms with Crippen molar-refractivity contribution < 1.29 is 14.4 Å². The van der Waals surface area contributed by atoms with Gasteiger partial charge in [-0.15, -0.1) is 0 Å². The molecule has 0 spiro atoms. The fourth-order valence-corrected chi connectivity index (χ4v) is 3.72. The molecule has 1 aliphatic carbocycles. The Bertz CT molecular complexity index is 739. The molecule has 1 amide bonds. The predicted octanol–water partition coefficient (Wildman–Crippen LogP) is 5.60. The highest BCUT2D eigenvalue weighted by molar-refractivity contribution is 6.53. The fourth-order valence-electron chi connectivity index (χ4n) is 3.45. The highest BCUT2D eigenvalue weighted by atomic mass is 35.5. The van der Waals surface area contributed by atoms with Gasteiger partial charge in [-0.3, -0.25) is 14.4 Å². The molecule has 0 heterocycles. The fraction of sp³-hybridized carbons (Fsp3) is 0.522. The summed E-state index contributed by atoms with van der Waals surface area (Å²) in [4.78, 5) is 37.3. The van der Waals surface area contributed by atoms with E-state index in [0.717, 1.165) is 19.3 Å². The largest absolute Gasteiger partial charge is 0.352 e. The van der Waals surface area contributed by atoms with Crippen LogP contribution in [0.2, 0.25) is 0 Å². The summed E-state index contributed by atoms with van der Waals surface area (Å²) in [5.41, 5.74) is 0.252. The van der Waals surface area contributed by atoms with Gasteiger partial charge in [0.1, 0.15) is 10.6 Å². The van der Waals surface area contributed by atoms with E-state index < -0.39 is 17.5 Å². The van der Waals surface area contributed by atoms with E-state index in [2.05, 4.69) is 12.2 Å². The number of unbranched alkanes of at least 4 members (excludes halogenated alkanes) is 9. The van der Waals surface area contributed by atoms with E-state index in [0.29, 0.717) is 6.54 Å². The van der Waals surface area contributed by atoms with Gasteiger partial charge >= 0.3 is 0 Å². The number of halogens is 1. The third kappa shape index (κ3) is 6.03. The molecule has 5 heteroatoms. The Hall–Kier alpha value is -1.94. The average Bonchev–Trinajstić information content (AvgIpc) is 2.70. The molecule has 4 nitrogen and oxygen atoms in total. The molecular formula is C23H30ClNO3. The van der Waals surface area contributed by atoms with Gasteiger partial charge in [-0.05, 0) is 6.42 Å². The van der Waals surface area contributed by atoms with E-state index >= 15 is 0 Å². The van der Waals surface area contributed by atoms with E-state index in [1.807, 2.05) is 0 Å². The molecule has 0 aromatic heterocycles. The molecule has 0 fully saturated rings. The van der Waals surface area contributed by atoms with Gasteiger partial charge in [-0.2, -0.15) is 0 Å². The minimum Gasteiger partial charge on any atom is -0.352 e. The van der Waals surface area contributed by atoms with Crippen LogP contribution in [0.3, 0.4) is 0 Å². The minimum absolute atomic E-state index is 0.237. The monoisotopic (exact) mass is 403 g/mol. The van der Waals surface area contributed by atoms with Crippen LogP contribution in [0.4, 0.5) is 0 Å². The number of ketones is 2. The number of carbonyl (C=O) groups is 3. The molecule has 1 N–H and O–H groups in total. The van der Waals surface area contributed by atoms with Crippen LogP contribution in [0, 0.1) is 0 Å². The second kappa shape index (κ2) is 11.8. The maximum Gasteiger partial charge on any atom is 0.256 e. The van der Waals surface area contributed by atoms with Crippen LogP contribution in [-0.4, -0.2) is 24.0 Å². The zero-order valence-corrected chi connectivity index (χ0v) is 17.4. The van der Waals surface area contributed by atoms with Crippen LogP contribution in [0.1, 0.15) is 91.8 Å². The van der Waals surface area contributed by atoms with Crippen LogP contribution in [0.15, 0.2) is 34.9 Å². The number of fused-ring (bicyclic) bond motifs is 1. The number of Topliss-reactive ketones (excluding diaryl/α,β-unsaturated/α-hetero) is 2. The number of amides is 1. The predicted molar refractivity (Wildman–Crippen MR) is 113 cm³/mol. The second-order valence-electron chi connectivity index (χ2n) is 7.33. The average molecular weight is 404 g/mol. The van der Waals surface area contributed by atoms with Crippen molar-refractivity contribution in [3.05, 3.63) is 46.0 Å². The van der Waals surface area contributed by atoms with E-state index in [4.69, 9.17) is 11.6 Å². The summed E-state index contributed by atoms with van der Waals surface area (Å²) in [6.07, 6.45) is 12.1. The Balaban J connectivity index is 1.70. The molecule has 0 atom stereocenters. The van der Waals surface area contributed by atoms with Gasteiger partial charge in [-0.1, -0.05) is 101 Å². The molecule has 1 aliphatic rings. The number of rotatable bonds is 12. The zero-order chi connectivity index (χ0) is 20.4. The maximum atomic E-state index is 12.6. The van der Waals surface area contributed by atoms with Gasteiger partial charge in [0.05, 0.1) is 0 Å². The summed E-state index contributed by atoms with van der Waals surface area (Å²) in [6, 6.07) is 6.44. The molecule has 0 bridgehead atoms. The van der Waals surface area contributed by atoms with Crippen molar-refractivity contribution in [2.45, 2.75) is 71.1 Å². The third-order valence-corrected chi connectivity index (χ3v) is 5.47. The number of hydrogen-bond acceptors (Lipinski definition) is 3. The Morgan fingerprint density at radius 3 is 1.89 bits per heavy atom. The van der Waals surface area contributed by atoms with E-state index in [-0.39, 0.29) is 21.7 Å². The molecular weight excluding hydrogens is 374 g/mol. The molecule has 0 aliphatic heterocycles. The third-order valence-electron chi connectivity index (χ3n) is 5.11. The Morgan fingerprint density at radius 1 is 0.821 bits per heavy atom. The van der Waals surface area contributed by atoms with Crippen molar-refractivity contribution in [1.29, 1.82) is 0 Å². The maximum absolute atomic E-state index is 12.6. The van der Waals surface area contributed by atoms with E-state index in [9.17, 15) is 14.4 Å². The normalized spacial score (nSPS) is 13.6. The Morgan fingerprint density at radius 2 is 1.32 bits per heavy atom. The summed E-state index contributed by atoms with van der Waals surface area (Å²) < 4.78 is 0. The topological polar surface area (TPSA) is 63.2 Å². The first-order valence-corrected chi connectivity index (χ1v) is 10.8. The van der Waals surface area contributed by atoms with Gasteiger partial charge in [0.25, 0.3) is 5.91 Å². The molecule has 28 heavy (non-hydrogen) atoms. The summed E-state index contributed by atoms with van der Waals surface area (Å²) >= 11 is 6.04. The lowest BCUT2D eigenvalue weighted by Gasteiger charge is -2.17. The van der Waals surface area contributed by atoms with Crippen LogP contribution < -0.4 is 5.32 Å². The van der Waals surface area contributed by atoms with Crippen molar-refractivity contribution in [3.63, 3.8) is 0 Å². The van der Waals surface area contributed by atoms with Gasteiger partial charge in [0.2, 0.25) is 11.6 Å². The quantitative estimate of drug-likeness (QED) is 0.365. The first kappa shape index (κ1) is 22.4. The van der Waals surface area contributed by atoms with Crippen molar-refractivity contribution in [2.75, 3.05) is 6.54 Å².